The molecular formula is C10H14N2O4S. The van der Waals surface area contributed by atoms with Crippen LogP contribution in [-0.2, 0) is 10.0 Å². The summed E-state index contributed by atoms with van der Waals surface area (Å²) in [4.78, 5) is 14.5. The second-order valence-corrected chi connectivity index (χ2v) is 5.70. The molecule has 0 saturated carbocycles. The third kappa shape index (κ3) is 3.42. The second kappa shape index (κ2) is 5.13. The predicted molar refractivity (Wildman–Crippen MR) is 63.5 cm³/mol. The first kappa shape index (κ1) is 13.4. The molecule has 0 bridgehead atoms. The number of pyridine rings is 1. The van der Waals surface area contributed by atoms with Crippen molar-refractivity contribution in [1.82, 2.24) is 4.98 Å². The molecule has 2 N–H and O–H groups in total. The molecule has 0 saturated heterocycles. The number of carboxylic acid groups (broad SMARTS) is 1. The number of hydrogen-bond acceptors (Lipinski definition) is 4. The maximum atomic E-state index is 11.7. The van der Waals surface area contributed by atoms with Crippen molar-refractivity contribution in [2.45, 2.75) is 25.5 Å². The number of hydrogen-bond donors (Lipinski definition) is 2. The highest BCUT2D eigenvalue weighted by molar-refractivity contribution is 7.93. The Morgan fingerprint density at radius 1 is 1.59 bits per heavy atom. The number of sulfonamides is 1. The van der Waals surface area contributed by atoms with E-state index in [1.54, 1.807) is 13.8 Å². The average Bonchev–Trinajstić information content (AvgIpc) is 2.27. The van der Waals surface area contributed by atoms with Crippen molar-refractivity contribution >= 4 is 21.8 Å². The highest BCUT2D eigenvalue weighted by Crippen LogP contribution is 2.12. The van der Waals surface area contributed by atoms with Crippen molar-refractivity contribution in [2.24, 2.45) is 0 Å². The minimum atomic E-state index is -3.51. The molecule has 1 aromatic heterocycles. The lowest BCUT2D eigenvalue weighted by Gasteiger charge is -2.12. The van der Waals surface area contributed by atoms with Crippen LogP contribution in [0.15, 0.2) is 18.3 Å². The van der Waals surface area contributed by atoms with Gasteiger partial charge >= 0.3 is 5.97 Å². The van der Waals surface area contributed by atoms with E-state index >= 15 is 0 Å². The van der Waals surface area contributed by atoms with Crippen molar-refractivity contribution < 1.29 is 18.3 Å². The van der Waals surface area contributed by atoms with Gasteiger partial charge in [-0.15, -0.1) is 0 Å². The summed E-state index contributed by atoms with van der Waals surface area (Å²) < 4.78 is 25.7. The van der Waals surface area contributed by atoms with Gasteiger partial charge in [-0.05, 0) is 25.5 Å². The van der Waals surface area contributed by atoms with Crippen LogP contribution in [0.25, 0.3) is 0 Å². The van der Waals surface area contributed by atoms with Crippen molar-refractivity contribution in [3.05, 3.63) is 23.9 Å². The molecular weight excluding hydrogens is 244 g/mol. The van der Waals surface area contributed by atoms with Crippen LogP contribution in [0, 0.1) is 0 Å². The Bertz CT molecular complexity index is 513. The maximum absolute atomic E-state index is 11.7. The number of aromatic carboxylic acids is 1. The lowest BCUT2D eigenvalue weighted by atomic mass is 10.3. The van der Waals surface area contributed by atoms with E-state index in [-0.39, 0.29) is 11.4 Å². The largest absolute Gasteiger partial charge is 0.478 e. The first-order valence-electron chi connectivity index (χ1n) is 5.07. The quantitative estimate of drug-likeness (QED) is 0.830. The summed E-state index contributed by atoms with van der Waals surface area (Å²) in [7, 11) is -3.51. The SMILES string of the molecule is CCC(C)S(=O)(=O)Nc1cc(C(=O)O)ccn1. The molecule has 1 unspecified atom stereocenters. The summed E-state index contributed by atoms with van der Waals surface area (Å²) in [6.07, 6.45) is 1.71. The molecule has 0 aliphatic carbocycles. The monoisotopic (exact) mass is 258 g/mol. The van der Waals surface area contributed by atoms with Crippen LogP contribution < -0.4 is 4.72 Å². The summed E-state index contributed by atoms with van der Waals surface area (Å²) in [5, 5.41) is 8.20. The van der Waals surface area contributed by atoms with Crippen LogP contribution in [0.5, 0.6) is 0 Å². The van der Waals surface area contributed by atoms with E-state index in [1.807, 2.05) is 0 Å². The lowest BCUT2D eigenvalue weighted by Crippen LogP contribution is -2.25. The van der Waals surface area contributed by atoms with Crippen LogP contribution in [0.1, 0.15) is 30.6 Å². The Balaban J connectivity index is 2.96. The molecule has 1 aromatic rings. The zero-order valence-electron chi connectivity index (χ0n) is 9.54. The van der Waals surface area contributed by atoms with Gasteiger partial charge in [-0.2, -0.15) is 0 Å². The Hall–Kier alpha value is -1.63. The van der Waals surface area contributed by atoms with Gasteiger partial charge < -0.3 is 5.11 Å². The van der Waals surface area contributed by atoms with Gasteiger partial charge in [0.15, 0.2) is 0 Å². The maximum Gasteiger partial charge on any atom is 0.335 e. The van der Waals surface area contributed by atoms with Crippen molar-refractivity contribution in [2.75, 3.05) is 4.72 Å². The Morgan fingerprint density at radius 3 is 2.76 bits per heavy atom. The van der Waals surface area contributed by atoms with E-state index in [0.717, 1.165) is 0 Å². The predicted octanol–water partition coefficient (Wildman–Crippen LogP) is 1.32. The molecule has 94 valence electrons. The molecule has 17 heavy (non-hydrogen) atoms. The molecule has 0 amide bonds. The highest BCUT2D eigenvalue weighted by Gasteiger charge is 2.19. The molecule has 0 radical (unpaired) electrons. The molecule has 0 aromatic carbocycles. The minimum absolute atomic E-state index is 0.0122. The number of rotatable bonds is 5. The first-order chi connectivity index (χ1) is 7.86. The summed E-state index contributed by atoms with van der Waals surface area (Å²) in [5.41, 5.74) is -0.0122. The van der Waals surface area contributed by atoms with E-state index in [4.69, 9.17) is 5.11 Å². The molecule has 7 heteroatoms. The smallest absolute Gasteiger partial charge is 0.335 e. The van der Waals surface area contributed by atoms with E-state index in [1.165, 1.54) is 18.3 Å². The van der Waals surface area contributed by atoms with Crippen LogP contribution in [0.2, 0.25) is 0 Å². The first-order valence-corrected chi connectivity index (χ1v) is 6.62. The van der Waals surface area contributed by atoms with E-state index in [0.29, 0.717) is 6.42 Å². The summed E-state index contributed by atoms with van der Waals surface area (Å²) in [5.74, 6) is -1.11. The van der Waals surface area contributed by atoms with Crippen molar-refractivity contribution in [3.8, 4) is 0 Å². The fraction of sp³-hybridized carbons (Fsp3) is 0.400. The fourth-order valence-corrected chi connectivity index (χ4v) is 2.13. The second-order valence-electron chi connectivity index (χ2n) is 3.60. The van der Waals surface area contributed by atoms with Gasteiger partial charge in [0.25, 0.3) is 0 Å². The van der Waals surface area contributed by atoms with Gasteiger partial charge in [-0.25, -0.2) is 18.2 Å². The molecule has 0 aliphatic heterocycles. The number of aromatic nitrogens is 1. The van der Waals surface area contributed by atoms with Crippen LogP contribution in [-0.4, -0.2) is 29.7 Å². The topological polar surface area (TPSA) is 96.4 Å². The zero-order valence-corrected chi connectivity index (χ0v) is 10.4. The van der Waals surface area contributed by atoms with Crippen LogP contribution in [0.3, 0.4) is 0 Å². The number of anilines is 1. The van der Waals surface area contributed by atoms with Gasteiger partial charge in [0.05, 0.1) is 10.8 Å². The third-order valence-corrected chi connectivity index (χ3v) is 4.24. The molecule has 0 fully saturated rings. The normalized spacial score (nSPS) is 13.1. The zero-order chi connectivity index (χ0) is 13.1. The van der Waals surface area contributed by atoms with Crippen molar-refractivity contribution in [3.63, 3.8) is 0 Å². The van der Waals surface area contributed by atoms with Crippen molar-refractivity contribution in [1.29, 1.82) is 0 Å². The number of nitrogens with one attached hydrogen (secondary N) is 1. The number of carboxylic acids is 1. The molecule has 1 heterocycles. The number of nitrogens with zero attached hydrogens (tertiary/aromatic N) is 1. The minimum Gasteiger partial charge on any atom is -0.478 e. The number of carbonyl (C=O) groups is 1. The van der Waals surface area contributed by atoms with Crippen LogP contribution >= 0.6 is 0 Å². The molecule has 6 nitrogen and oxygen atoms in total. The molecule has 1 rings (SSSR count). The van der Waals surface area contributed by atoms with E-state index < -0.39 is 21.2 Å². The summed E-state index contributed by atoms with van der Waals surface area (Å²) >= 11 is 0. The average molecular weight is 258 g/mol. The lowest BCUT2D eigenvalue weighted by molar-refractivity contribution is 0.0697. The third-order valence-electron chi connectivity index (χ3n) is 2.36. The van der Waals surface area contributed by atoms with Gasteiger partial charge in [0.2, 0.25) is 10.0 Å². The van der Waals surface area contributed by atoms with Crippen LogP contribution in [0.4, 0.5) is 5.82 Å². The summed E-state index contributed by atoms with van der Waals surface area (Å²) in [6, 6.07) is 2.48. The Morgan fingerprint density at radius 2 is 2.24 bits per heavy atom. The Labute approximate surface area is 99.7 Å². The van der Waals surface area contributed by atoms with Gasteiger partial charge in [0.1, 0.15) is 5.82 Å². The van der Waals surface area contributed by atoms with E-state index in [9.17, 15) is 13.2 Å². The van der Waals surface area contributed by atoms with E-state index in [2.05, 4.69) is 9.71 Å². The highest BCUT2D eigenvalue weighted by atomic mass is 32.2. The fourth-order valence-electron chi connectivity index (χ4n) is 1.09. The summed E-state index contributed by atoms with van der Waals surface area (Å²) in [6.45, 7) is 3.33. The standard InChI is InChI=1S/C10H14N2O4S/c1-3-7(2)17(15,16)12-9-6-8(10(13)14)4-5-11-9/h4-7H,3H2,1-2H3,(H,11,12)(H,13,14). The van der Waals surface area contributed by atoms with Gasteiger partial charge in [-0.1, -0.05) is 6.92 Å². The molecule has 1 atom stereocenters. The Kier molecular flexibility index (Phi) is 4.06. The van der Waals surface area contributed by atoms with Gasteiger partial charge in [-0.3, -0.25) is 4.72 Å². The molecule has 0 spiro atoms. The molecule has 0 aliphatic rings. The van der Waals surface area contributed by atoms with Gasteiger partial charge in [0, 0.05) is 6.20 Å².